The molecule has 1 N–H and O–H groups in total. The van der Waals surface area contributed by atoms with Crippen molar-refractivity contribution in [2.75, 3.05) is 32.7 Å². The molecular weight excluding hydrogens is 438 g/mol. The Bertz CT molecular complexity index is 1020. The molecule has 1 aromatic carbocycles. The molecule has 2 aromatic rings. The van der Waals surface area contributed by atoms with Crippen molar-refractivity contribution in [2.45, 2.75) is 37.1 Å². The third-order valence-electron chi connectivity index (χ3n) is 6.87. The van der Waals surface area contributed by atoms with Crippen molar-refractivity contribution in [3.8, 4) is 0 Å². The third kappa shape index (κ3) is 5.50. The second kappa shape index (κ2) is 10.4. The van der Waals surface area contributed by atoms with E-state index in [1.54, 1.807) is 4.90 Å². The summed E-state index contributed by atoms with van der Waals surface area (Å²) in [6, 6.07) is 13.1. The maximum Gasteiger partial charge on any atom is 0.291 e. The zero-order valence-corrected chi connectivity index (χ0v) is 19.1. The summed E-state index contributed by atoms with van der Waals surface area (Å²) in [5.74, 6) is -3.50. The number of alkyl halides is 2. The third-order valence-corrected chi connectivity index (χ3v) is 6.87. The molecule has 0 bridgehead atoms. The Morgan fingerprint density at radius 2 is 1.85 bits per heavy atom. The number of amides is 2. The van der Waals surface area contributed by atoms with Crippen molar-refractivity contribution in [1.82, 2.24) is 20.1 Å². The molecular formula is C26H30F2N4O2. The maximum absolute atomic E-state index is 13.8. The fraction of sp³-hybridized carbons (Fsp3) is 0.423. The average molecular weight is 469 g/mol. The number of aromatic nitrogens is 1. The fourth-order valence-corrected chi connectivity index (χ4v) is 4.83. The van der Waals surface area contributed by atoms with Crippen molar-refractivity contribution < 1.29 is 18.4 Å². The van der Waals surface area contributed by atoms with E-state index in [1.165, 1.54) is 5.56 Å². The van der Waals surface area contributed by atoms with Crippen LogP contribution in [0.1, 0.15) is 46.8 Å². The molecule has 1 aromatic heterocycles. The van der Waals surface area contributed by atoms with E-state index < -0.39 is 11.8 Å². The number of nitrogens with zero attached hydrogens (tertiary/aromatic N) is 3. The van der Waals surface area contributed by atoms with Gasteiger partial charge in [-0.1, -0.05) is 36.9 Å². The van der Waals surface area contributed by atoms with Crippen molar-refractivity contribution in [3.63, 3.8) is 0 Å². The number of hydrogen-bond acceptors (Lipinski definition) is 4. The molecule has 1 unspecified atom stereocenters. The summed E-state index contributed by atoms with van der Waals surface area (Å²) in [6.07, 6.45) is 4.80. The predicted octanol–water partition coefficient (Wildman–Crippen LogP) is 3.57. The summed E-state index contributed by atoms with van der Waals surface area (Å²) < 4.78 is 27.6. The summed E-state index contributed by atoms with van der Waals surface area (Å²) in [6.45, 7) is 6.25. The van der Waals surface area contributed by atoms with E-state index >= 15 is 0 Å². The van der Waals surface area contributed by atoms with E-state index in [0.717, 1.165) is 50.7 Å². The molecule has 34 heavy (non-hydrogen) atoms. The number of benzene rings is 1. The van der Waals surface area contributed by atoms with Gasteiger partial charge in [0.15, 0.2) is 0 Å². The Labute approximate surface area is 198 Å². The van der Waals surface area contributed by atoms with E-state index in [9.17, 15) is 18.4 Å². The number of piperidine rings is 1. The minimum atomic E-state index is -3.26. The van der Waals surface area contributed by atoms with Crippen LogP contribution >= 0.6 is 0 Å². The van der Waals surface area contributed by atoms with E-state index in [4.69, 9.17) is 0 Å². The van der Waals surface area contributed by atoms with Gasteiger partial charge in [-0.2, -0.15) is 8.78 Å². The standard InChI is InChI=1S/C26H30F2N4O2/c1-2-26(27,28)21-8-12-29-23(16-21)25(34)30-17-24(33)32-15-11-22(18-32)31-13-9-20(10-14-31)19-6-4-3-5-7-19/h2-8,12,16,20,22H,1,9-11,13-15,17-18H2,(H,30,34). The molecule has 4 rings (SSSR count). The Balaban J connectivity index is 1.24. The fourth-order valence-electron chi connectivity index (χ4n) is 4.83. The number of rotatable bonds is 7. The number of allylic oxidation sites excluding steroid dienone is 1. The van der Waals surface area contributed by atoms with Crippen LogP contribution in [0.3, 0.4) is 0 Å². The maximum atomic E-state index is 13.8. The molecule has 2 aliphatic rings. The van der Waals surface area contributed by atoms with Crippen LogP contribution in [0.5, 0.6) is 0 Å². The van der Waals surface area contributed by atoms with Crippen LogP contribution in [0, 0.1) is 0 Å². The molecule has 0 spiro atoms. The van der Waals surface area contributed by atoms with Crippen molar-refractivity contribution in [1.29, 1.82) is 0 Å². The number of nitrogens with one attached hydrogen (secondary N) is 1. The van der Waals surface area contributed by atoms with Gasteiger partial charge in [-0.15, -0.1) is 0 Å². The van der Waals surface area contributed by atoms with Gasteiger partial charge in [-0.3, -0.25) is 19.5 Å². The molecule has 0 aliphatic carbocycles. The lowest BCUT2D eigenvalue weighted by Gasteiger charge is -2.36. The van der Waals surface area contributed by atoms with E-state index in [2.05, 4.69) is 46.0 Å². The lowest BCUT2D eigenvalue weighted by molar-refractivity contribution is -0.129. The smallest absolute Gasteiger partial charge is 0.291 e. The van der Waals surface area contributed by atoms with Gasteiger partial charge in [-0.05, 0) is 62.0 Å². The second-order valence-electron chi connectivity index (χ2n) is 8.94. The van der Waals surface area contributed by atoms with Gasteiger partial charge in [0.1, 0.15) is 5.69 Å². The van der Waals surface area contributed by atoms with E-state index in [-0.39, 0.29) is 23.7 Å². The lowest BCUT2D eigenvalue weighted by atomic mass is 9.89. The number of halogens is 2. The van der Waals surface area contributed by atoms with E-state index in [1.807, 2.05) is 6.07 Å². The van der Waals surface area contributed by atoms with Gasteiger partial charge in [0, 0.05) is 30.9 Å². The monoisotopic (exact) mass is 468 g/mol. The highest BCUT2D eigenvalue weighted by molar-refractivity contribution is 5.95. The van der Waals surface area contributed by atoms with Gasteiger partial charge in [0.05, 0.1) is 6.54 Å². The zero-order chi connectivity index (χ0) is 24.1. The molecule has 8 heteroatoms. The number of pyridine rings is 1. The molecule has 2 saturated heterocycles. The number of hydrogen-bond donors (Lipinski definition) is 1. The molecule has 2 fully saturated rings. The first-order valence-corrected chi connectivity index (χ1v) is 11.7. The highest BCUT2D eigenvalue weighted by Crippen LogP contribution is 2.30. The summed E-state index contributed by atoms with van der Waals surface area (Å²) in [4.78, 5) is 33.1. The highest BCUT2D eigenvalue weighted by atomic mass is 19.3. The molecule has 6 nitrogen and oxygen atoms in total. The van der Waals surface area contributed by atoms with Gasteiger partial charge in [0.2, 0.25) is 5.91 Å². The molecule has 2 amide bonds. The lowest BCUT2D eigenvalue weighted by Crippen LogP contribution is -2.44. The zero-order valence-electron chi connectivity index (χ0n) is 19.1. The van der Waals surface area contributed by atoms with Gasteiger partial charge >= 0.3 is 0 Å². The summed E-state index contributed by atoms with van der Waals surface area (Å²) in [5.41, 5.74) is 0.870. The minimum absolute atomic E-state index is 0.160. The highest BCUT2D eigenvalue weighted by Gasteiger charge is 2.33. The Morgan fingerprint density at radius 3 is 2.56 bits per heavy atom. The first-order chi connectivity index (χ1) is 16.4. The summed E-state index contributed by atoms with van der Waals surface area (Å²) in [5, 5.41) is 2.51. The molecule has 180 valence electrons. The minimum Gasteiger partial charge on any atom is -0.342 e. The van der Waals surface area contributed by atoms with Crippen LogP contribution < -0.4 is 5.32 Å². The number of carbonyl (C=O) groups is 2. The van der Waals surface area contributed by atoms with Crippen molar-refractivity contribution in [3.05, 3.63) is 78.1 Å². The van der Waals surface area contributed by atoms with Gasteiger partial charge in [0.25, 0.3) is 11.8 Å². The summed E-state index contributed by atoms with van der Waals surface area (Å²) in [7, 11) is 0. The topological polar surface area (TPSA) is 65.5 Å². The van der Waals surface area contributed by atoms with Crippen LogP contribution in [-0.2, 0) is 10.7 Å². The van der Waals surface area contributed by atoms with Crippen molar-refractivity contribution >= 4 is 11.8 Å². The first kappa shape index (κ1) is 24.0. The van der Waals surface area contributed by atoms with Crippen LogP contribution in [0.15, 0.2) is 61.3 Å². The molecule has 1 atom stereocenters. The molecule has 3 heterocycles. The predicted molar refractivity (Wildman–Crippen MR) is 126 cm³/mol. The average Bonchev–Trinajstić information content (AvgIpc) is 3.38. The normalized spacial score (nSPS) is 19.7. The number of likely N-dealkylation sites (tertiary alicyclic amines) is 2. The van der Waals surface area contributed by atoms with Crippen LogP contribution in [0.2, 0.25) is 0 Å². The van der Waals surface area contributed by atoms with Crippen LogP contribution in [-0.4, -0.2) is 65.4 Å². The van der Waals surface area contributed by atoms with Gasteiger partial charge in [-0.25, -0.2) is 0 Å². The molecule has 0 radical (unpaired) electrons. The Morgan fingerprint density at radius 1 is 1.12 bits per heavy atom. The number of carbonyl (C=O) groups excluding carboxylic acids is 2. The molecule has 0 saturated carbocycles. The Kier molecular flexibility index (Phi) is 7.36. The largest absolute Gasteiger partial charge is 0.342 e. The van der Waals surface area contributed by atoms with Crippen LogP contribution in [0.4, 0.5) is 8.78 Å². The first-order valence-electron chi connectivity index (χ1n) is 11.7. The van der Waals surface area contributed by atoms with E-state index in [0.29, 0.717) is 31.1 Å². The van der Waals surface area contributed by atoms with Gasteiger partial charge < -0.3 is 10.2 Å². The second-order valence-corrected chi connectivity index (χ2v) is 8.94. The molecule has 2 aliphatic heterocycles. The quantitative estimate of drug-likeness (QED) is 0.631. The van der Waals surface area contributed by atoms with Crippen molar-refractivity contribution in [2.24, 2.45) is 0 Å². The Hall–Kier alpha value is -3.13. The SMILES string of the molecule is C=CC(F)(F)c1ccnc(C(=O)NCC(=O)N2CCC(N3CCC(c4ccccc4)CC3)C2)c1. The van der Waals surface area contributed by atoms with Crippen LogP contribution in [0.25, 0.3) is 0 Å². The summed E-state index contributed by atoms with van der Waals surface area (Å²) >= 11 is 0.